The molecule has 0 unspecified atom stereocenters. The van der Waals surface area contributed by atoms with Crippen molar-refractivity contribution in [1.82, 2.24) is 0 Å². The van der Waals surface area contributed by atoms with Gasteiger partial charge in [-0.05, 0) is 77.4 Å². The molecule has 1 nitrogen and oxygen atoms in total. The number of benzene rings is 2. The Balaban J connectivity index is 2.15. The number of hydrogen-bond donors (Lipinski definition) is 0. The fourth-order valence-electron chi connectivity index (χ4n) is 1.77. The van der Waals surface area contributed by atoms with E-state index in [2.05, 4.69) is 34.7 Å². The summed E-state index contributed by atoms with van der Waals surface area (Å²) in [6.07, 6.45) is 0.894. The van der Waals surface area contributed by atoms with Crippen LogP contribution in [0.1, 0.15) is 18.1 Å². The lowest BCUT2D eigenvalue weighted by molar-refractivity contribution is 0.340. The van der Waals surface area contributed by atoms with Crippen molar-refractivity contribution in [3.05, 3.63) is 62.2 Å². The maximum Gasteiger partial charge on any atom is 0.119 e. The van der Waals surface area contributed by atoms with Gasteiger partial charge in [-0.15, -0.1) is 0 Å². The van der Waals surface area contributed by atoms with Crippen molar-refractivity contribution in [3.63, 3.8) is 0 Å². The summed E-state index contributed by atoms with van der Waals surface area (Å²) in [5.41, 5.74) is 2.52. The van der Waals surface area contributed by atoms with Crippen LogP contribution in [0.4, 0.5) is 0 Å². The molecule has 3 heteroatoms. The second-order valence-corrected chi connectivity index (χ2v) is 5.59. The Morgan fingerprint density at radius 3 is 2.50 bits per heavy atom. The summed E-state index contributed by atoms with van der Waals surface area (Å²) in [6.45, 7) is 2.69. The highest BCUT2D eigenvalue weighted by Crippen LogP contribution is 2.22. The molecule has 0 N–H and O–H groups in total. The number of halogens is 2. The molecular weight excluding hydrogens is 359 g/mol. The van der Waals surface area contributed by atoms with Crippen LogP contribution in [0.5, 0.6) is 5.75 Å². The van der Waals surface area contributed by atoms with Gasteiger partial charge in [-0.25, -0.2) is 0 Å². The highest BCUT2D eigenvalue weighted by Gasteiger charge is 2.03. The van der Waals surface area contributed by atoms with Crippen LogP contribution in [0.2, 0.25) is 5.02 Å². The van der Waals surface area contributed by atoms with E-state index in [1.54, 1.807) is 0 Å². The van der Waals surface area contributed by atoms with E-state index in [0.29, 0.717) is 6.61 Å². The third-order valence-corrected chi connectivity index (χ3v) is 3.92. The van der Waals surface area contributed by atoms with Crippen molar-refractivity contribution in [2.45, 2.75) is 13.3 Å². The molecule has 0 heterocycles. The number of ether oxygens (including phenoxy) is 1. The molecule has 0 aliphatic rings. The van der Waals surface area contributed by atoms with Crippen molar-refractivity contribution < 1.29 is 4.74 Å². The average Bonchev–Trinajstić information content (AvgIpc) is 2.37. The molecule has 0 spiro atoms. The minimum absolute atomic E-state index is 0.700. The zero-order chi connectivity index (χ0) is 13.0. The van der Waals surface area contributed by atoms with Gasteiger partial charge in [0.25, 0.3) is 0 Å². The largest absolute Gasteiger partial charge is 0.494 e. The summed E-state index contributed by atoms with van der Waals surface area (Å²) in [5, 5.41) is 0.788. The Bertz CT molecular complexity index is 523. The Labute approximate surface area is 126 Å². The van der Waals surface area contributed by atoms with E-state index >= 15 is 0 Å². The van der Waals surface area contributed by atoms with Crippen LogP contribution in [0.15, 0.2) is 42.5 Å². The third-order valence-electron chi connectivity index (χ3n) is 2.64. The fourth-order valence-corrected chi connectivity index (χ4v) is 2.49. The predicted octanol–water partition coefficient (Wildman–Crippen LogP) is 4.93. The average molecular weight is 373 g/mol. The molecule has 0 aromatic heterocycles. The maximum atomic E-state index is 6.03. The topological polar surface area (TPSA) is 9.23 Å². The van der Waals surface area contributed by atoms with Gasteiger partial charge in [0, 0.05) is 8.59 Å². The minimum atomic E-state index is 0.700. The van der Waals surface area contributed by atoms with E-state index in [0.717, 1.165) is 17.2 Å². The van der Waals surface area contributed by atoms with Crippen molar-refractivity contribution >= 4 is 34.2 Å². The van der Waals surface area contributed by atoms with Crippen LogP contribution in [0.3, 0.4) is 0 Å². The SMILES string of the molecule is CCOc1ccc(Cc2cc(Cl)ccc2I)cc1. The zero-order valence-corrected chi connectivity index (χ0v) is 13.0. The molecule has 94 valence electrons. The first-order valence-electron chi connectivity index (χ1n) is 5.84. The van der Waals surface area contributed by atoms with Gasteiger partial charge in [0.05, 0.1) is 6.61 Å². The highest BCUT2D eigenvalue weighted by atomic mass is 127. The molecular formula is C15H14ClIO. The molecule has 2 aromatic rings. The van der Waals surface area contributed by atoms with Gasteiger partial charge in [0.15, 0.2) is 0 Å². The lowest BCUT2D eigenvalue weighted by atomic mass is 10.1. The molecule has 0 saturated heterocycles. The Morgan fingerprint density at radius 2 is 1.83 bits per heavy atom. The third kappa shape index (κ3) is 3.62. The van der Waals surface area contributed by atoms with Crippen LogP contribution in [-0.4, -0.2) is 6.61 Å². The lowest BCUT2D eigenvalue weighted by Gasteiger charge is -2.07. The molecule has 18 heavy (non-hydrogen) atoms. The van der Waals surface area contributed by atoms with Crippen LogP contribution in [0.25, 0.3) is 0 Å². The second-order valence-electron chi connectivity index (χ2n) is 3.99. The Kier molecular flexibility index (Phi) is 4.89. The minimum Gasteiger partial charge on any atom is -0.494 e. The molecule has 2 rings (SSSR count). The van der Waals surface area contributed by atoms with E-state index in [1.165, 1.54) is 14.7 Å². The molecule has 0 saturated carbocycles. The summed E-state index contributed by atoms with van der Waals surface area (Å²) in [7, 11) is 0. The van der Waals surface area contributed by atoms with E-state index in [-0.39, 0.29) is 0 Å². The first-order valence-corrected chi connectivity index (χ1v) is 7.30. The Morgan fingerprint density at radius 1 is 1.11 bits per heavy atom. The normalized spacial score (nSPS) is 10.4. The standard InChI is InChI=1S/C15H14ClIO/c1-2-18-14-6-3-11(4-7-14)9-12-10-13(16)5-8-15(12)17/h3-8,10H,2,9H2,1H3. The second kappa shape index (κ2) is 6.43. The van der Waals surface area contributed by atoms with Crippen molar-refractivity contribution in [2.24, 2.45) is 0 Å². The summed E-state index contributed by atoms with van der Waals surface area (Å²) >= 11 is 8.37. The maximum absolute atomic E-state index is 6.03. The summed E-state index contributed by atoms with van der Waals surface area (Å²) < 4.78 is 6.67. The van der Waals surface area contributed by atoms with Crippen molar-refractivity contribution in [3.8, 4) is 5.75 Å². The molecule has 2 aromatic carbocycles. The first kappa shape index (κ1) is 13.7. The van der Waals surface area contributed by atoms with E-state index in [1.807, 2.05) is 37.3 Å². The van der Waals surface area contributed by atoms with Gasteiger partial charge in [-0.3, -0.25) is 0 Å². The lowest BCUT2D eigenvalue weighted by Crippen LogP contribution is -1.94. The molecule has 0 aliphatic carbocycles. The quantitative estimate of drug-likeness (QED) is 0.691. The summed E-state index contributed by atoms with van der Waals surface area (Å²) in [5.74, 6) is 0.919. The molecule has 0 atom stereocenters. The first-order chi connectivity index (χ1) is 8.69. The van der Waals surface area contributed by atoms with E-state index in [9.17, 15) is 0 Å². The molecule has 0 fully saturated rings. The summed E-state index contributed by atoms with van der Waals surface area (Å²) in [6, 6.07) is 14.2. The van der Waals surface area contributed by atoms with E-state index in [4.69, 9.17) is 16.3 Å². The van der Waals surface area contributed by atoms with Gasteiger partial charge in [-0.2, -0.15) is 0 Å². The molecule has 0 aliphatic heterocycles. The molecule has 0 bridgehead atoms. The predicted molar refractivity (Wildman–Crippen MR) is 84.6 cm³/mol. The molecule has 0 radical (unpaired) electrons. The number of hydrogen-bond acceptors (Lipinski definition) is 1. The fraction of sp³-hybridized carbons (Fsp3) is 0.200. The van der Waals surface area contributed by atoms with E-state index < -0.39 is 0 Å². The highest BCUT2D eigenvalue weighted by molar-refractivity contribution is 14.1. The van der Waals surface area contributed by atoms with Crippen molar-refractivity contribution in [1.29, 1.82) is 0 Å². The summed E-state index contributed by atoms with van der Waals surface area (Å²) in [4.78, 5) is 0. The van der Waals surface area contributed by atoms with Crippen molar-refractivity contribution in [2.75, 3.05) is 6.61 Å². The van der Waals surface area contributed by atoms with Crippen LogP contribution < -0.4 is 4.74 Å². The monoisotopic (exact) mass is 372 g/mol. The Hall–Kier alpha value is -0.740. The van der Waals surface area contributed by atoms with Crippen LogP contribution in [-0.2, 0) is 6.42 Å². The van der Waals surface area contributed by atoms with Gasteiger partial charge in [0.2, 0.25) is 0 Å². The molecule has 0 amide bonds. The van der Waals surface area contributed by atoms with Crippen LogP contribution in [0, 0.1) is 3.57 Å². The van der Waals surface area contributed by atoms with Gasteiger partial charge in [-0.1, -0.05) is 23.7 Å². The van der Waals surface area contributed by atoms with Gasteiger partial charge in [0.1, 0.15) is 5.75 Å². The zero-order valence-electron chi connectivity index (χ0n) is 10.1. The van der Waals surface area contributed by atoms with Gasteiger partial charge >= 0.3 is 0 Å². The number of rotatable bonds is 4. The smallest absolute Gasteiger partial charge is 0.119 e. The van der Waals surface area contributed by atoms with Gasteiger partial charge < -0.3 is 4.74 Å². The van der Waals surface area contributed by atoms with Crippen LogP contribution >= 0.6 is 34.2 Å².